The molecule has 0 saturated heterocycles. The average molecular weight is 237 g/mol. The van der Waals surface area contributed by atoms with Gasteiger partial charge in [-0.2, -0.15) is 0 Å². The van der Waals surface area contributed by atoms with E-state index in [-0.39, 0.29) is 18.7 Å². The Labute approximate surface area is 99.5 Å². The van der Waals surface area contributed by atoms with Gasteiger partial charge in [0.05, 0.1) is 13.0 Å². The van der Waals surface area contributed by atoms with Crippen LogP contribution in [0.3, 0.4) is 0 Å². The standard InChI is InChI=1S/C12H15NO4/c1-9(14)7-10(8-13(15)16)11-5-3-4-6-12(11)17-2/h3-6,10H,7-8H2,1-2H3/t10-/m1/s1. The normalized spacial score (nSPS) is 11.9. The Morgan fingerprint density at radius 1 is 1.47 bits per heavy atom. The molecular weight excluding hydrogens is 222 g/mol. The van der Waals surface area contributed by atoms with Gasteiger partial charge in [-0.1, -0.05) is 18.2 Å². The van der Waals surface area contributed by atoms with Crippen LogP contribution in [0.5, 0.6) is 5.75 Å². The van der Waals surface area contributed by atoms with E-state index in [1.165, 1.54) is 14.0 Å². The number of nitrogens with zero attached hydrogens (tertiary/aromatic N) is 1. The zero-order valence-corrected chi connectivity index (χ0v) is 9.88. The topological polar surface area (TPSA) is 69.4 Å². The number of hydrogen-bond donors (Lipinski definition) is 0. The summed E-state index contributed by atoms with van der Waals surface area (Å²) in [6.45, 7) is 1.17. The highest BCUT2D eigenvalue weighted by Crippen LogP contribution is 2.29. The molecule has 0 aromatic heterocycles. The summed E-state index contributed by atoms with van der Waals surface area (Å²) in [4.78, 5) is 21.4. The minimum Gasteiger partial charge on any atom is -0.496 e. The lowest BCUT2D eigenvalue weighted by Crippen LogP contribution is -2.16. The predicted octanol–water partition coefficient (Wildman–Crippen LogP) is 2.03. The number of hydrogen-bond acceptors (Lipinski definition) is 4. The van der Waals surface area contributed by atoms with Crippen molar-refractivity contribution in [2.45, 2.75) is 19.3 Å². The molecule has 1 rings (SSSR count). The number of carbonyl (C=O) groups excluding carboxylic acids is 1. The van der Waals surface area contributed by atoms with Gasteiger partial charge in [-0.05, 0) is 13.0 Å². The van der Waals surface area contributed by atoms with Crippen molar-refractivity contribution >= 4 is 5.78 Å². The summed E-state index contributed by atoms with van der Waals surface area (Å²) in [6, 6.07) is 7.07. The summed E-state index contributed by atoms with van der Waals surface area (Å²) in [5.41, 5.74) is 0.710. The van der Waals surface area contributed by atoms with Crippen LogP contribution in [0.2, 0.25) is 0 Å². The molecule has 0 amide bonds. The van der Waals surface area contributed by atoms with Gasteiger partial charge in [0, 0.05) is 16.9 Å². The first kappa shape index (κ1) is 13.2. The van der Waals surface area contributed by atoms with Crippen LogP contribution in [0.25, 0.3) is 0 Å². The Balaban J connectivity index is 3.02. The number of benzene rings is 1. The lowest BCUT2D eigenvalue weighted by Gasteiger charge is -2.15. The van der Waals surface area contributed by atoms with E-state index in [1.807, 2.05) is 0 Å². The van der Waals surface area contributed by atoms with Gasteiger partial charge in [0.2, 0.25) is 6.54 Å². The molecule has 0 fully saturated rings. The second kappa shape index (κ2) is 5.98. The molecule has 0 aliphatic rings. The van der Waals surface area contributed by atoms with Crippen molar-refractivity contribution in [1.29, 1.82) is 0 Å². The molecule has 1 aromatic rings. The predicted molar refractivity (Wildman–Crippen MR) is 62.9 cm³/mol. The number of para-hydroxylation sites is 1. The summed E-state index contributed by atoms with van der Waals surface area (Å²) >= 11 is 0. The first-order chi connectivity index (χ1) is 8.04. The summed E-state index contributed by atoms with van der Waals surface area (Å²) in [6.07, 6.45) is 0.154. The molecule has 0 unspecified atom stereocenters. The van der Waals surface area contributed by atoms with Crippen LogP contribution < -0.4 is 4.74 Å². The third kappa shape index (κ3) is 3.86. The number of ketones is 1. The van der Waals surface area contributed by atoms with Gasteiger partial charge in [-0.15, -0.1) is 0 Å². The SMILES string of the molecule is COc1ccccc1[C@H](CC(C)=O)C[N+](=O)[O-]. The van der Waals surface area contributed by atoms with Gasteiger partial charge in [-0.3, -0.25) is 10.1 Å². The van der Waals surface area contributed by atoms with Crippen molar-refractivity contribution in [3.8, 4) is 5.75 Å². The maximum Gasteiger partial charge on any atom is 0.211 e. The molecule has 17 heavy (non-hydrogen) atoms. The van der Waals surface area contributed by atoms with Crippen molar-refractivity contribution in [3.63, 3.8) is 0 Å². The molecule has 0 bridgehead atoms. The zero-order chi connectivity index (χ0) is 12.8. The van der Waals surface area contributed by atoms with E-state index in [2.05, 4.69) is 0 Å². The number of carbonyl (C=O) groups is 1. The highest BCUT2D eigenvalue weighted by molar-refractivity contribution is 5.76. The summed E-state index contributed by atoms with van der Waals surface area (Å²) < 4.78 is 5.16. The zero-order valence-electron chi connectivity index (χ0n) is 9.88. The third-order valence-electron chi connectivity index (χ3n) is 2.48. The fourth-order valence-electron chi connectivity index (χ4n) is 1.80. The van der Waals surface area contributed by atoms with Crippen molar-refractivity contribution in [3.05, 3.63) is 39.9 Å². The second-order valence-corrected chi connectivity index (χ2v) is 3.86. The summed E-state index contributed by atoms with van der Waals surface area (Å²) in [5.74, 6) is 0.0852. The van der Waals surface area contributed by atoms with Crippen LogP contribution >= 0.6 is 0 Å². The molecule has 5 heteroatoms. The Hall–Kier alpha value is -1.91. The third-order valence-corrected chi connectivity index (χ3v) is 2.48. The van der Waals surface area contributed by atoms with E-state index in [9.17, 15) is 14.9 Å². The van der Waals surface area contributed by atoms with E-state index in [0.29, 0.717) is 11.3 Å². The number of ether oxygens (including phenoxy) is 1. The first-order valence-electron chi connectivity index (χ1n) is 5.28. The van der Waals surface area contributed by atoms with Crippen LogP contribution in [-0.4, -0.2) is 24.4 Å². The fraction of sp³-hybridized carbons (Fsp3) is 0.417. The first-order valence-corrected chi connectivity index (χ1v) is 5.28. The highest BCUT2D eigenvalue weighted by atomic mass is 16.6. The quantitative estimate of drug-likeness (QED) is 0.560. The van der Waals surface area contributed by atoms with Crippen LogP contribution in [0, 0.1) is 10.1 Å². The number of rotatable bonds is 6. The molecule has 0 aliphatic heterocycles. The molecule has 1 atom stereocenters. The van der Waals surface area contributed by atoms with Gasteiger partial charge in [0.25, 0.3) is 0 Å². The fourth-order valence-corrected chi connectivity index (χ4v) is 1.80. The lowest BCUT2D eigenvalue weighted by molar-refractivity contribution is -0.483. The largest absolute Gasteiger partial charge is 0.496 e. The van der Waals surface area contributed by atoms with Gasteiger partial charge in [0.15, 0.2) is 0 Å². The maximum absolute atomic E-state index is 11.1. The molecule has 0 spiro atoms. The van der Waals surface area contributed by atoms with Gasteiger partial charge < -0.3 is 9.53 Å². The van der Waals surface area contributed by atoms with Crippen LogP contribution in [0.4, 0.5) is 0 Å². The average Bonchev–Trinajstić information content (AvgIpc) is 2.27. The van der Waals surface area contributed by atoms with Crippen molar-refractivity contribution < 1.29 is 14.5 Å². The molecule has 92 valence electrons. The highest BCUT2D eigenvalue weighted by Gasteiger charge is 2.22. The Bertz CT molecular complexity index is 401. The van der Waals surface area contributed by atoms with E-state index in [1.54, 1.807) is 24.3 Å². The Kier molecular flexibility index (Phi) is 4.63. The molecular formula is C12H15NO4. The maximum atomic E-state index is 11.1. The molecule has 1 aromatic carbocycles. The number of Topliss-reactive ketones (excluding diaryl/α,β-unsaturated/α-hetero) is 1. The second-order valence-electron chi connectivity index (χ2n) is 3.86. The molecule has 0 aliphatic carbocycles. The molecule has 0 heterocycles. The van der Waals surface area contributed by atoms with Gasteiger partial charge >= 0.3 is 0 Å². The lowest BCUT2D eigenvalue weighted by atomic mass is 9.93. The Morgan fingerprint density at radius 2 is 2.12 bits per heavy atom. The van der Waals surface area contributed by atoms with Crippen LogP contribution in [-0.2, 0) is 4.79 Å². The van der Waals surface area contributed by atoms with Crippen molar-refractivity contribution in [2.75, 3.05) is 13.7 Å². The smallest absolute Gasteiger partial charge is 0.211 e. The minimum atomic E-state index is -0.432. The monoisotopic (exact) mass is 237 g/mol. The molecule has 0 N–H and O–H groups in total. The molecule has 0 saturated carbocycles. The van der Waals surface area contributed by atoms with Gasteiger partial charge in [-0.25, -0.2) is 0 Å². The van der Waals surface area contributed by atoms with Crippen molar-refractivity contribution in [1.82, 2.24) is 0 Å². The van der Waals surface area contributed by atoms with Crippen LogP contribution in [0.15, 0.2) is 24.3 Å². The van der Waals surface area contributed by atoms with Crippen LogP contribution in [0.1, 0.15) is 24.8 Å². The number of methoxy groups -OCH3 is 1. The minimum absolute atomic E-state index is 0.0669. The number of nitro groups is 1. The summed E-state index contributed by atoms with van der Waals surface area (Å²) in [7, 11) is 1.51. The Morgan fingerprint density at radius 3 is 2.65 bits per heavy atom. The molecule has 0 radical (unpaired) electrons. The van der Waals surface area contributed by atoms with E-state index in [4.69, 9.17) is 4.74 Å². The van der Waals surface area contributed by atoms with E-state index >= 15 is 0 Å². The summed E-state index contributed by atoms with van der Waals surface area (Å²) in [5, 5.41) is 10.6. The van der Waals surface area contributed by atoms with Crippen molar-refractivity contribution in [2.24, 2.45) is 0 Å². The molecule has 5 nitrogen and oxygen atoms in total. The van der Waals surface area contributed by atoms with E-state index in [0.717, 1.165) is 0 Å². The van der Waals surface area contributed by atoms with Gasteiger partial charge in [0.1, 0.15) is 11.5 Å². The van der Waals surface area contributed by atoms with E-state index < -0.39 is 10.8 Å².